The van der Waals surface area contributed by atoms with Crippen LogP contribution in [0.15, 0.2) is 69.2 Å². The van der Waals surface area contributed by atoms with Crippen LogP contribution in [0.1, 0.15) is 163 Å². The standard InChI is InChI=1S/2C24H29N10.Fe/c1-14(2)20-27-21-17(19(24(6,7)8)31-34(21)32-20)28-29-22-16(25-9)18(23(3,4)5)30-33(22)15-12-10-11-13-26-15;1-14(2)20-27-22-17(19(24(6,7)8)31-34(22)32-20)28-29-21-15(13-25)18(23(3,4)5)30-33(21)16-11-9-10-12-26-16;/h10-14H,1-8H3;9-12,14H,1-8H3;/q2*-1;+2. The topological polar surface area (TPSA) is 228 Å². The maximum absolute atomic E-state index is 10.0. The zero-order chi connectivity index (χ0) is 49.7. The van der Waals surface area contributed by atoms with Crippen LogP contribution in [-0.2, 0) is 38.7 Å². The van der Waals surface area contributed by atoms with Gasteiger partial charge in [0.2, 0.25) is 0 Å². The minimum Gasteiger partial charge on any atom is -0.359 e. The van der Waals surface area contributed by atoms with Crippen molar-refractivity contribution in [2.24, 2.45) is 20.5 Å². The van der Waals surface area contributed by atoms with E-state index < -0.39 is 0 Å². The van der Waals surface area contributed by atoms with Gasteiger partial charge in [-0.15, -0.1) is 20.5 Å². The Hall–Kier alpha value is -7.22. The Morgan fingerprint density at radius 3 is 1.33 bits per heavy atom. The van der Waals surface area contributed by atoms with E-state index in [1.165, 1.54) is 9.26 Å². The van der Waals surface area contributed by atoms with E-state index in [4.69, 9.17) is 16.8 Å². The van der Waals surface area contributed by atoms with Crippen LogP contribution in [0.3, 0.4) is 0 Å². The summed E-state index contributed by atoms with van der Waals surface area (Å²) in [7, 11) is 0. The summed E-state index contributed by atoms with van der Waals surface area (Å²) >= 11 is 0. The molecule has 8 aromatic heterocycles. The molecule has 0 aliphatic rings. The first-order valence-electron chi connectivity index (χ1n) is 22.4. The summed E-state index contributed by atoms with van der Waals surface area (Å²) in [5, 5.41) is 56.1. The molecule has 0 radical (unpaired) electrons. The molecule has 0 aliphatic carbocycles. The number of nitriles is 1. The van der Waals surface area contributed by atoms with Crippen LogP contribution >= 0.6 is 0 Å². The van der Waals surface area contributed by atoms with Crippen molar-refractivity contribution < 1.29 is 17.1 Å². The first-order chi connectivity index (χ1) is 31.8. The van der Waals surface area contributed by atoms with Gasteiger partial charge in [0.25, 0.3) is 5.69 Å². The van der Waals surface area contributed by atoms with Crippen molar-refractivity contribution in [3.8, 4) is 17.7 Å². The molecular formula is C48H58FeN20. The molecular weight excluding hydrogens is 913 g/mol. The Balaban J connectivity index is 0.000000224. The molecule has 20 nitrogen and oxygen atoms in total. The molecule has 0 amide bonds. The third kappa shape index (κ3) is 10.3. The number of azo groups is 2. The summed E-state index contributed by atoms with van der Waals surface area (Å²) < 4.78 is 6.18. The molecule has 0 atom stereocenters. The number of hydrogen-bond donors (Lipinski definition) is 0. The van der Waals surface area contributed by atoms with Gasteiger partial charge in [-0.2, -0.15) is 20.1 Å². The maximum Gasteiger partial charge on any atom is 2.00 e. The fraction of sp³-hybridized carbons (Fsp3) is 0.458. The molecule has 0 saturated carbocycles. The van der Waals surface area contributed by atoms with Gasteiger partial charge in [0.1, 0.15) is 23.0 Å². The SMILES string of the molecule is CC(C)c1nn2nc(C(C)(C)C)c(N=Nc3c(C#N)c(C(C)(C)C)nn3-c3ccccn3)c2[n-]1.[C-]#[N+]c1c(C(C)(C)C)nn(-c2ccccn2)c1N=Nc1c(C(C)(C)C)nn2nc(C(C)C)[n-]c12.[Fe+2]. The van der Waals surface area contributed by atoms with Gasteiger partial charge in [-0.25, -0.2) is 29.7 Å². The van der Waals surface area contributed by atoms with E-state index in [-0.39, 0.29) is 50.6 Å². The van der Waals surface area contributed by atoms with Gasteiger partial charge in [0.15, 0.2) is 23.3 Å². The number of pyridine rings is 2. The van der Waals surface area contributed by atoms with Crippen LogP contribution in [0, 0.1) is 17.9 Å². The Labute approximate surface area is 412 Å². The van der Waals surface area contributed by atoms with Crippen LogP contribution in [0.25, 0.3) is 27.8 Å². The Morgan fingerprint density at radius 1 is 0.565 bits per heavy atom. The quantitative estimate of drug-likeness (QED) is 0.0790. The van der Waals surface area contributed by atoms with Crippen LogP contribution in [0.5, 0.6) is 0 Å². The molecule has 0 saturated heterocycles. The number of nitrogens with zero attached hydrogens (tertiary/aromatic N) is 20. The van der Waals surface area contributed by atoms with Gasteiger partial charge in [0.05, 0.1) is 40.6 Å². The average molecular weight is 971 g/mol. The molecule has 0 aromatic carbocycles. The summed E-state index contributed by atoms with van der Waals surface area (Å²) in [6.45, 7) is 40.3. The van der Waals surface area contributed by atoms with Crippen LogP contribution in [-0.4, -0.2) is 59.2 Å². The molecule has 0 spiro atoms. The van der Waals surface area contributed by atoms with E-state index in [9.17, 15) is 5.26 Å². The van der Waals surface area contributed by atoms with E-state index in [0.29, 0.717) is 80.2 Å². The molecule has 69 heavy (non-hydrogen) atoms. The fourth-order valence-electron chi connectivity index (χ4n) is 6.95. The number of fused-ring (bicyclic) bond motifs is 2. The predicted molar refractivity (Wildman–Crippen MR) is 258 cm³/mol. The van der Waals surface area contributed by atoms with E-state index in [1.807, 2.05) is 126 Å². The Bertz CT molecular complexity index is 3020. The Kier molecular flexibility index (Phi) is 14.1. The molecule has 0 bridgehead atoms. The van der Waals surface area contributed by atoms with Gasteiger partial charge in [-0.05, 0) is 53.2 Å². The maximum atomic E-state index is 10.0. The zero-order valence-corrected chi connectivity index (χ0v) is 43.2. The second-order valence-corrected chi connectivity index (χ2v) is 21.2. The fourth-order valence-corrected chi connectivity index (χ4v) is 6.95. The smallest absolute Gasteiger partial charge is 0.359 e. The van der Waals surface area contributed by atoms with E-state index in [1.54, 1.807) is 21.8 Å². The zero-order valence-electron chi connectivity index (χ0n) is 42.1. The van der Waals surface area contributed by atoms with Crippen molar-refractivity contribution in [3.63, 3.8) is 0 Å². The van der Waals surface area contributed by atoms with Crippen molar-refractivity contribution in [2.75, 3.05) is 0 Å². The molecule has 8 aromatic rings. The van der Waals surface area contributed by atoms with E-state index in [0.717, 1.165) is 11.4 Å². The Morgan fingerprint density at radius 2 is 0.971 bits per heavy atom. The van der Waals surface area contributed by atoms with Crippen molar-refractivity contribution in [3.05, 3.63) is 100 Å². The van der Waals surface area contributed by atoms with Gasteiger partial charge < -0.3 is 20.2 Å². The largest absolute Gasteiger partial charge is 2.00 e. The molecule has 0 N–H and O–H groups in total. The molecule has 358 valence electrons. The summed E-state index contributed by atoms with van der Waals surface area (Å²) in [5.74, 6) is 3.42. The molecule has 0 aliphatic heterocycles. The van der Waals surface area contributed by atoms with Crippen molar-refractivity contribution >= 4 is 40.0 Å². The molecule has 0 fully saturated rings. The summed E-state index contributed by atoms with van der Waals surface area (Å²) in [6, 6.07) is 13.3. The van der Waals surface area contributed by atoms with Crippen LogP contribution in [0.4, 0.5) is 28.7 Å². The van der Waals surface area contributed by atoms with Crippen LogP contribution in [0.2, 0.25) is 0 Å². The van der Waals surface area contributed by atoms with Gasteiger partial charge in [-0.1, -0.05) is 123 Å². The van der Waals surface area contributed by atoms with Crippen molar-refractivity contribution in [1.82, 2.24) is 69.2 Å². The third-order valence-electron chi connectivity index (χ3n) is 10.5. The minimum absolute atomic E-state index is 0. The van der Waals surface area contributed by atoms with Crippen molar-refractivity contribution in [2.45, 2.75) is 144 Å². The number of aromatic nitrogens is 14. The molecule has 0 unspecified atom stereocenters. The second-order valence-electron chi connectivity index (χ2n) is 21.2. The summed E-state index contributed by atoms with van der Waals surface area (Å²) in [4.78, 5) is 21.9. The van der Waals surface area contributed by atoms with Gasteiger partial charge >= 0.3 is 17.1 Å². The second kappa shape index (κ2) is 19.0. The predicted octanol–water partition coefficient (Wildman–Crippen LogP) is 11.2. The van der Waals surface area contributed by atoms with Gasteiger partial charge in [-0.3, -0.25) is 9.26 Å². The first-order valence-corrected chi connectivity index (χ1v) is 22.4. The number of hydrogen-bond acceptors (Lipinski definition) is 13. The van der Waals surface area contributed by atoms with Crippen LogP contribution < -0.4 is 9.97 Å². The van der Waals surface area contributed by atoms with Gasteiger partial charge in [0, 0.05) is 28.6 Å². The third-order valence-corrected chi connectivity index (χ3v) is 10.5. The molecule has 8 heterocycles. The van der Waals surface area contributed by atoms with Crippen molar-refractivity contribution in [1.29, 1.82) is 5.26 Å². The number of rotatable bonds is 8. The first kappa shape index (κ1) is 51.2. The van der Waals surface area contributed by atoms with E-state index in [2.05, 4.69) is 92.5 Å². The van der Waals surface area contributed by atoms with E-state index >= 15 is 0 Å². The minimum atomic E-state index is -0.375. The molecule has 8 rings (SSSR count). The normalized spacial score (nSPS) is 12.6. The monoisotopic (exact) mass is 970 g/mol. The summed E-state index contributed by atoms with van der Waals surface area (Å²) in [6.07, 6.45) is 3.35. The molecule has 21 heteroatoms. The summed E-state index contributed by atoms with van der Waals surface area (Å²) in [5.41, 5.74) is 4.20. The average Bonchev–Trinajstić information content (AvgIpc) is 4.11.